The van der Waals surface area contributed by atoms with Crippen LogP contribution >= 0.6 is 0 Å². The molecule has 4 N–H and O–H groups in total. The zero-order valence-electron chi connectivity index (χ0n) is 7.24. The summed E-state index contributed by atoms with van der Waals surface area (Å²) in [5, 5.41) is 18.2. The molecule has 14 heavy (non-hydrogen) atoms. The highest BCUT2D eigenvalue weighted by Gasteiger charge is 2.18. The first-order valence-corrected chi connectivity index (χ1v) is 3.90. The van der Waals surface area contributed by atoms with Gasteiger partial charge in [0, 0.05) is 23.9 Å². The summed E-state index contributed by atoms with van der Waals surface area (Å²) in [4.78, 5) is 3.56. The maximum atomic E-state index is 12.3. The second-order valence-corrected chi connectivity index (χ2v) is 2.65. The molecule has 0 fully saturated rings. The van der Waals surface area contributed by atoms with E-state index in [4.69, 9.17) is 10.8 Å². The van der Waals surface area contributed by atoms with Gasteiger partial charge in [0.05, 0.1) is 12.3 Å². The summed E-state index contributed by atoms with van der Waals surface area (Å²) in [5.74, 6) is -0.451. The lowest BCUT2D eigenvalue weighted by Crippen LogP contribution is -2.05. The molecule has 78 valence electrons. The van der Waals surface area contributed by atoms with Gasteiger partial charge in [0.2, 0.25) is 0 Å². The topological polar surface area (TPSA) is 79.4 Å². The van der Waals surface area contributed by atoms with Gasteiger partial charge in [-0.05, 0) is 0 Å². The third kappa shape index (κ3) is 1.80. The largest absolute Gasteiger partial charge is 0.506 e. The van der Waals surface area contributed by atoms with Crippen molar-refractivity contribution < 1.29 is 19.0 Å². The van der Waals surface area contributed by atoms with Gasteiger partial charge >= 0.3 is 0 Å². The Labute approximate surface area is 79.0 Å². The van der Waals surface area contributed by atoms with Gasteiger partial charge < -0.3 is 15.9 Å². The molecule has 1 aromatic heterocycles. The summed E-state index contributed by atoms with van der Waals surface area (Å²) in [6.45, 7) is -0.733. The molecule has 0 saturated heterocycles. The van der Waals surface area contributed by atoms with Crippen molar-refractivity contribution in [3.63, 3.8) is 0 Å². The zero-order valence-corrected chi connectivity index (χ0v) is 7.24. The van der Waals surface area contributed by atoms with Crippen LogP contribution in [0.25, 0.3) is 0 Å². The first-order chi connectivity index (χ1) is 6.61. The van der Waals surface area contributed by atoms with Crippen LogP contribution in [0.15, 0.2) is 6.20 Å². The SMILES string of the molecule is NCc1ncc(C(F)F)c(CO)c1O. The van der Waals surface area contributed by atoms with Gasteiger partial charge in [-0.3, -0.25) is 4.98 Å². The number of nitrogens with zero attached hydrogens (tertiary/aromatic N) is 1. The number of hydrogen-bond donors (Lipinski definition) is 3. The molecule has 4 nitrogen and oxygen atoms in total. The van der Waals surface area contributed by atoms with Gasteiger partial charge in [0.1, 0.15) is 5.75 Å². The molecule has 1 aromatic rings. The minimum Gasteiger partial charge on any atom is -0.506 e. The fraction of sp³-hybridized carbons (Fsp3) is 0.375. The quantitative estimate of drug-likeness (QED) is 0.676. The van der Waals surface area contributed by atoms with Crippen LogP contribution in [-0.2, 0) is 13.2 Å². The Kier molecular flexibility index (Phi) is 3.32. The fourth-order valence-corrected chi connectivity index (χ4v) is 1.10. The Morgan fingerprint density at radius 1 is 1.50 bits per heavy atom. The van der Waals surface area contributed by atoms with Crippen molar-refractivity contribution in [2.75, 3.05) is 0 Å². The molecule has 0 saturated carbocycles. The van der Waals surface area contributed by atoms with Gasteiger partial charge in [-0.15, -0.1) is 0 Å². The molecule has 1 heterocycles. The van der Waals surface area contributed by atoms with E-state index in [0.717, 1.165) is 6.20 Å². The van der Waals surface area contributed by atoms with Crippen LogP contribution in [0.3, 0.4) is 0 Å². The Hall–Kier alpha value is -1.27. The van der Waals surface area contributed by atoms with Gasteiger partial charge in [-0.25, -0.2) is 8.78 Å². The van der Waals surface area contributed by atoms with Crippen molar-refractivity contribution in [2.45, 2.75) is 19.6 Å². The monoisotopic (exact) mass is 204 g/mol. The fourth-order valence-electron chi connectivity index (χ4n) is 1.10. The summed E-state index contributed by atoms with van der Waals surface area (Å²) < 4.78 is 24.7. The van der Waals surface area contributed by atoms with Crippen molar-refractivity contribution in [3.8, 4) is 5.75 Å². The van der Waals surface area contributed by atoms with Crippen LogP contribution in [0.1, 0.15) is 23.2 Å². The van der Waals surface area contributed by atoms with Gasteiger partial charge in [-0.2, -0.15) is 0 Å². The predicted octanol–water partition coefficient (Wildman–Crippen LogP) is 0.676. The average Bonchev–Trinajstić information content (AvgIpc) is 2.17. The second kappa shape index (κ2) is 4.30. The molecule has 0 aliphatic carbocycles. The highest BCUT2D eigenvalue weighted by molar-refractivity contribution is 5.41. The number of aromatic nitrogens is 1. The minimum absolute atomic E-state index is 0.0671. The molecule has 6 heteroatoms. The summed E-state index contributed by atoms with van der Waals surface area (Å²) >= 11 is 0. The number of alkyl halides is 2. The maximum absolute atomic E-state index is 12.3. The van der Waals surface area contributed by atoms with Crippen molar-refractivity contribution in [2.24, 2.45) is 5.73 Å². The van der Waals surface area contributed by atoms with E-state index in [1.807, 2.05) is 0 Å². The van der Waals surface area contributed by atoms with Crippen LogP contribution in [0, 0.1) is 0 Å². The average molecular weight is 204 g/mol. The highest BCUT2D eigenvalue weighted by Crippen LogP contribution is 2.30. The molecule has 0 amide bonds. The van der Waals surface area contributed by atoms with E-state index in [0.29, 0.717) is 0 Å². The first-order valence-electron chi connectivity index (χ1n) is 3.90. The predicted molar refractivity (Wildman–Crippen MR) is 44.7 cm³/mol. The summed E-state index contributed by atoms with van der Waals surface area (Å²) in [7, 11) is 0. The molecule has 0 bridgehead atoms. The lowest BCUT2D eigenvalue weighted by atomic mass is 10.1. The number of aliphatic hydroxyl groups excluding tert-OH is 1. The summed E-state index contributed by atoms with van der Waals surface area (Å²) in [5.41, 5.74) is 4.62. The molecule has 0 aromatic carbocycles. The maximum Gasteiger partial charge on any atom is 0.265 e. The number of pyridine rings is 1. The Bertz CT molecular complexity index is 331. The van der Waals surface area contributed by atoms with E-state index in [1.54, 1.807) is 0 Å². The van der Waals surface area contributed by atoms with Crippen LogP contribution in [0.4, 0.5) is 8.78 Å². The van der Waals surface area contributed by atoms with Gasteiger partial charge in [-0.1, -0.05) is 0 Å². The van der Waals surface area contributed by atoms with Crippen LogP contribution < -0.4 is 5.73 Å². The number of halogens is 2. The Morgan fingerprint density at radius 3 is 2.57 bits per heavy atom. The van der Waals surface area contributed by atoms with Gasteiger partial charge in [0.25, 0.3) is 6.43 Å². The molecule has 0 spiro atoms. The van der Waals surface area contributed by atoms with Crippen LogP contribution in [-0.4, -0.2) is 15.2 Å². The molecule has 0 aliphatic heterocycles. The number of hydrogen-bond acceptors (Lipinski definition) is 4. The molecular weight excluding hydrogens is 194 g/mol. The molecule has 1 rings (SSSR count). The molecule has 0 aliphatic rings. The lowest BCUT2D eigenvalue weighted by molar-refractivity contribution is 0.145. The standard InChI is InChI=1S/C8H10F2N2O2/c9-8(10)4-2-12-6(1-11)7(14)5(4)3-13/h2,8,13-14H,1,3,11H2. The second-order valence-electron chi connectivity index (χ2n) is 2.65. The molecule has 0 unspecified atom stereocenters. The van der Waals surface area contributed by atoms with Crippen molar-refractivity contribution in [1.29, 1.82) is 0 Å². The van der Waals surface area contributed by atoms with E-state index in [-0.39, 0.29) is 17.8 Å². The number of nitrogens with two attached hydrogens (primary N) is 1. The van der Waals surface area contributed by atoms with Crippen molar-refractivity contribution >= 4 is 0 Å². The van der Waals surface area contributed by atoms with E-state index in [1.165, 1.54) is 0 Å². The molecular formula is C8H10F2N2O2. The third-order valence-corrected chi connectivity index (χ3v) is 1.85. The number of rotatable bonds is 3. The zero-order chi connectivity index (χ0) is 10.7. The summed E-state index contributed by atoms with van der Waals surface area (Å²) in [6, 6.07) is 0. The van der Waals surface area contributed by atoms with Crippen LogP contribution in [0.2, 0.25) is 0 Å². The normalized spacial score (nSPS) is 10.9. The van der Waals surface area contributed by atoms with E-state index < -0.39 is 24.3 Å². The minimum atomic E-state index is -2.78. The Morgan fingerprint density at radius 2 is 2.14 bits per heavy atom. The highest BCUT2D eigenvalue weighted by atomic mass is 19.3. The summed E-state index contributed by atoms with van der Waals surface area (Å²) in [6.07, 6.45) is -1.86. The van der Waals surface area contributed by atoms with E-state index in [9.17, 15) is 13.9 Å². The van der Waals surface area contributed by atoms with Crippen LogP contribution in [0.5, 0.6) is 5.75 Å². The lowest BCUT2D eigenvalue weighted by Gasteiger charge is -2.10. The van der Waals surface area contributed by atoms with Gasteiger partial charge in [0.15, 0.2) is 0 Å². The van der Waals surface area contributed by atoms with Crippen molar-refractivity contribution in [3.05, 3.63) is 23.0 Å². The van der Waals surface area contributed by atoms with E-state index >= 15 is 0 Å². The Balaban J connectivity index is 3.28. The number of aliphatic hydroxyl groups is 1. The van der Waals surface area contributed by atoms with E-state index in [2.05, 4.69) is 4.98 Å². The third-order valence-electron chi connectivity index (χ3n) is 1.85. The molecule has 0 radical (unpaired) electrons. The van der Waals surface area contributed by atoms with Crippen molar-refractivity contribution in [1.82, 2.24) is 4.98 Å². The first kappa shape index (κ1) is 10.8. The smallest absolute Gasteiger partial charge is 0.265 e. The number of aromatic hydroxyl groups is 1. The molecule has 0 atom stereocenters.